The van der Waals surface area contributed by atoms with E-state index in [-0.39, 0.29) is 17.3 Å². The lowest BCUT2D eigenvalue weighted by molar-refractivity contribution is -0.696. The summed E-state index contributed by atoms with van der Waals surface area (Å²) >= 11 is 3.25. The third-order valence-corrected chi connectivity index (χ3v) is 5.14. The van der Waals surface area contributed by atoms with Crippen LogP contribution < -0.4 is 15.0 Å². The number of halogens is 1. The van der Waals surface area contributed by atoms with E-state index in [9.17, 15) is 13.2 Å². The van der Waals surface area contributed by atoms with Crippen LogP contribution in [0.3, 0.4) is 0 Å². The first-order chi connectivity index (χ1) is 11.1. The summed E-state index contributed by atoms with van der Waals surface area (Å²) in [4.78, 5) is 12.3. The van der Waals surface area contributed by atoms with Crippen molar-refractivity contribution in [3.05, 3.63) is 51.8 Å². The fourth-order valence-corrected chi connectivity index (χ4v) is 3.66. The largest absolute Gasteiger partial charge is 0.320 e. The summed E-state index contributed by atoms with van der Waals surface area (Å²) < 4.78 is 25.0. The number of primary sulfonamides is 1. The van der Waals surface area contributed by atoms with Gasteiger partial charge in [0, 0.05) is 30.5 Å². The van der Waals surface area contributed by atoms with Gasteiger partial charge in [-0.05, 0) is 46.6 Å². The first-order valence-electron chi connectivity index (χ1n) is 7.18. The number of sulfonamides is 1. The van der Waals surface area contributed by atoms with Crippen molar-refractivity contribution in [1.29, 1.82) is 0 Å². The second-order valence-corrected chi connectivity index (χ2v) is 8.05. The van der Waals surface area contributed by atoms with Gasteiger partial charge in [-0.3, -0.25) is 4.79 Å². The maximum Gasteiger partial charge on any atom is 0.290 e. The van der Waals surface area contributed by atoms with E-state index in [0.717, 1.165) is 17.0 Å². The third-order valence-electron chi connectivity index (χ3n) is 3.57. The zero-order valence-electron chi connectivity index (χ0n) is 13.6. The smallest absolute Gasteiger partial charge is 0.290 e. The number of aryl methyl sites for hydroxylation is 3. The van der Waals surface area contributed by atoms with Crippen molar-refractivity contribution in [1.82, 2.24) is 0 Å². The average molecular weight is 413 g/mol. The molecule has 2 aromatic rings. The van der Waals surface area contributed by atoms with Gasteiger partial charge < -0.3 is 5.32 Å². The summed E-state index contributed by atoms with van der Waals surface area (Å²) in [5, 5.41) is 7.85. The fraction of sp³-hybridized carbons (Fsp3) is 0.250. The van der Waals surface area contributed by atoms with Crippen molar-refractivity contribution in [3.63, 3.8) is 0 Å². The van der Waals surface area contributed by atoms with Crippen molar-refractivity contribution >= 4 is 37.5 Å². The van der Waals surface area contributed by atoms with Crippen LogP contribution in [0.5, 0.6) is 0 Å². The fourth-order valence-electron chi connectivity index (χ4n) is 2.49. The molecular formula is C16H19BrN3O3S+. The monoisotopic (exact) mass is 412 g/mol. The van der Waals surface area contributed by atoms with E-state index in [0.29, 0.717) is 10.2 Å². The average Bonchev–Trinajstić information content (AvgIpc) is 2.44. The Morgan fingerprint density at radius 1 is 1.17 bits per heavy atom. The molecule has 1 aromatic carbocycles. The molecule has 0 fully saturated rings. The number of carbonyl (C=O) groups excluding carboxylic acids is 1. The van der Waals surface area contributed by atoms with Crippen LogP contribution in [0.1, 0.15) is 17.0 Å². The Kier molecular flexibility index (Phi) is 5.42. The number of hydrogen-bond acceptors (Lipinski definition) is 3. The molecule has 0 bridgehead atoms. The number of hydrogen-bond donors (Lipinski definition) is 2. The Morgan fingerprint density at radius 3 is 2.25 bits per heavy atom. The zero-order valence-corrected chi connectivity index (χ0v) is 16.0. The molecule has 1 heterocycles. The van der Waals surface area contributed by atoms with E-state index in [1.807, 2.05) is 37.5 Å². The highest BCUT2D eigenvalue weighted by atomic mass is 79.9. The molecule has 3 N–H and O–H groups in total. The van der Waals surface area contributed by atoms with Crippen LogP contribution in [0.2, 0.25) is 0 Å². The molecule has 0 aliphatic carbocycles. The van der Waals surface area contributed by atoms with E-state index in [1.165, 1.54) is 18.2 Å². The van der Waals surface area contributed by atoms with E-state index in [2.05, 4.69) is 21.2 Å². The molecule has 8 heteroatoms. The van der Waals surface area contributed by atoms with E-state index >= 15 is 0 Å². The number of benzene rings is 1. The maximum absolute atomic E-state index is 12.3. The van der Waals surface area contributed by atoms with Crippen LogP contribution in [-0.4, -0.2) is 14.3 Å². The Bertz CT molecular complexity index is 888. The van der Waals surface area contributed by atoms with Gasteiger partial charge in [0.15, 0.2) is 11.4 Å². The minimum Gasteiger partial charge on any atom is -0.320 e. The number of carbonyl (C=O) groups is 1. The number of rotatable bonds is 4. The summed E-state index contributed by atoms with van der Waals surface area (Å²) in [7, 11) is -3.78. The standard InChI is InChI=1S/C16H18BrN3O3S/c1-10-6-11(2)20(12(3)7-10)9-16(21)19-15-5-4-13(8-14(15)17)24(18,22)23/h4-8H,9H2,1-3H3,(H2-,18,19,21,22,23)/p+1. The van der Waals surface area contributed by atoms with Gasteiger partial charge in [0.1, 0.15) is 0 Å². The van der Waals surface area contributed by atoms with Gasteiger partial charge in [-0.25, -0.2) is 13.6 Å². The van der Waals surface area contributed by atoms with Gasteiger partial charge >= 0.3 is 0 Å². The van der Waals surface area contributed by atoms with E-state index < -0.39 is 10.0 Å². The lowest BCUT2D eigenvalue weighted by Gasteiger charge is -2.09. The zero-order chi connectivity index (χ0) is 18.1. The van der Waals surface area contributed by atoms with Crippen molar-refractivity contribution in [2.75, 3.05) is 5.32 Å². The minimum absolute atomic E-state index is 0.0213. The van der Waals surface area contributed by atoms with Crippen molar-refractivity contribution < 1.29 is 17.8 Å². The van der Waals surface area contributed by atoms with Crippen LogP contribution in [0, 0.1) is 20.8 Å². The van der Waals surface area contributed by atoms with Gasteiger partial charge in [-0.2, -0.15) is 4.57 Å². The molecule has 24 heavy (non-hydrogen) atoms. The van der Waals surface area contributed by atoms with Crippen LogP contribution >= 0.6 is 15.9 Å². The maximum atomic E-state index is 12.3. The number of amides is 1. The highest BCUT2D eigenvalue weighted by molar-refractivity contribution is 9.10. The molecule has 0 atom stereocenters. The molecule has 6 nitrogen and oxygen atoms in total. The van der Waals surface area contributed by atoms with Gasteiger partial charge in [0.25, 0.3) is 5.91 Å². The number of nitrogens with two attached hydrogens (primary N) is 1. The normalized spacial score (nSPS) is 11.4. The van der Waals surface area contributed by atoms with Gasteiger partial charge in [0.2, 0.25) is 16.6 Å². The van der Waals surface area contributed by atoms with Gasteiger partial charge in [-0.15, -0.1) is 0 Å². The third kappa shape index (κ3) is 4.40. The van der Waals surface area contributed by atoms with Gasteiger partial charge in [0.05, 0.1) is 10.6 Å². The molecular weight excluding hydrogens is 394 g/mol. The first-order valence-corrected chi connectivity index (χ1v) is 9.52. The molecule has 0 aliphatic rings. The predicted molar refractivity (Wildman–Crippen MR) is 95.0 cm³/mol. The number of pyridine rings is 1. The second kappa shape index (κ2) is 7.00. The number of nitrogens with one attached hydrogen (secondary N) is 1. The molecule has 2 rings (SSSR count). The number of nitrogens with zero attached hydrogens (tertiary/aromatic N) is 1. The molecule has 1 amide bonds. The number of anilines is 1. The number of aromatic nitrogens is 1. The summed E-state index contributed by atoms with van der Waals surface area (Å²) in [5.74, 6) is -0.209. The minimum atomic E-state index is -3.78. The lowest BCUT2D eigenvalue weighted by Crippen LogP contribution is -2.45. The van der Waals surface area contributed by atoms with Crippen LogP contribution in [0.15, 0.2) is 39.7 Å². The lowest BCUT2D eigenvalue weighted by atomic mass is 10.2. The van der Waals surface area contributed by atoms with Crippen molar-refractivity contribution in [2.45, 2.75) is 32.2 Å². The topological polar surface area (TPSA) is 93.1 Å². The van der Waals surface area contributed by atoms with E-state index in [4.69, 9.17) is 5.14 Å². The van der Waals surface area contributed by atoms with Gasteiger partial charge in [-0.1, -0.05) is 0 Å². The quantitative estimate of drug-likeness (QED) is 0.751. The SMILES string of the molecule is Cc1cc(C)[n+](CC(=O)Nc2ccc(S(N)(=O)=O)cc2Br)c(C)c1. The predicted octanol–water partition coefficient (Wildman–Crippen LogP) is 1.95. The molecule has 0 aliphatic heterocycles. The first kappa shape index (κ1) is 18.6. The van der Waals surface area contributed by atoms with Crippen molar-refractivity contribution in [3.8, 4) is 0 Å². The Balaban J connectivity index is 2.19. The molecule has 0 saturated heterocycles. The Labute approximate surface area is 149 Å². The Morgan fingerprint density at radius 2 is 1.75 bits per heavy atom. The molecule has 128 valence electrons. The van der Waals surface area contributed by atoms with Crippen LogP contribution in [0.25, 0.3) is 0 Å². The second-order valence-electron chi connectivity index (χ2n) is 5.64. The summed E-state index contributed by atoms with van der Waals surface area (Å²) in [6, 6.07) is 8.24. The molecule has 1 aromatic heterocycles. The van der Waals surface area contributed by atoms with Crippen LogP contribution in [0.4, 0.5) is 5.69 Å². The summed E-state index contributed by atoms with van der Waals surface area (Å²) in [6.45, 7) is 6.07. The summed E-state index contributed by atoms with van der Waals surface area (Å²) in [5.41, 5.74) is 3.61. The summed E-state index contributed by atoms with van der Waals surface area (Å²) in [6.07, 6.45) is 0. The molecule has 0 radical (unpaired) electrons. The molecule has 0 saturated carbocycles. The molecule has 0 unspecified atom stereocenters. The van der Waals surface area contributed by atoms with E-state index in [1.54, 1.807) is 0 Å². The highest BCUT2D eigenvalue weighted by Crippen LogP contribution is 2.25. The highest BCUT2D eigenvalue weighted by Gasteiger charge is 2.18. The van der Waals surface area contributed by atoms with Crippen molar-refractivity contribution in [2.24, 2.45) is 5.14 Å². The molecule has 0 spiro atoms. The van der Waals surface area contributed by atoms with Crippen LogP contribution in [-0.2, 0) is 21.4 Å². The Hall–Kier alpha value is -1.77.